The number of fused-ring (bicyclic) bond motifs is 1. The minimum atomic E-state index is -0.986. The maximum Gasteiger partial charge on any atom is 0.310 e. The molecule has 0 saturated heterocycles. The van der Waals surface area contributed by atoms with Gasteiger partial charge in [0.15, 0.2) is 12.7 Å². The zero-order valence-corrected chi connectivity index (χ0v) is 17.0. The molecule has 152 valence electrons. The zero-order valence-electron chi connectivity index (χ0n) is 16.2. The third-order valence-corrected chi connectivity index (χ3v) is 5.16. The molecule has 0 saturated carbocycles. The quantitative estimate of drug-likeness (QED) is 0.554. The Kier molecular flexibility index (Phi) is 6.77. The Hall–Kier alpha value is -3.00. The van der Waals surface area contributed by atoms with E-state index >= 15 is 0 Å². The number of nitrogens with one attached hydrogen (secondary N) is 1. The van der Waals surface area contributed by atoms with Gasteiger partial charge in [-0.3, -0.25) is 14.4 Å². The number of hydrogen-bond acceptors (Lipinski definition) is 6. The maximum absolute atomic E-state index is 12.2. The fraction of sp³-hybridized carbons (Fsp3) is 0.286. The van der Waals surface area contributed by atoms with Gasteiger partial charge in [-0.15, -0.1) is 11.8 Å². The van der Waals surface area contributed by atoms with Crippen molar-refractivity contribution in [3.05, 3.63) is 54.1 Å². The van der Waals surface area contributed by atoms with Gasteiger partial charge in [0.25, 0.3) is 11.8 Å². The maximum atomic E-state index is 12.2. The number of amides is 2. The van der Waals surface area contributed by atoms with Crippen LogP contribution in [0.2, 0.25) is 0 Å². The van der Waals surface area contributed by atoms with E-state index < -0.39 is 18.0 Å². The highest BCUT2D eigenvalue weighted by Crippen LogP contribution is 2.29. The highest BCUT2D eigenvalue weighted by molar-refractivity contribution is 7.98. The number of anilines is 1. The van der Waals surface area contributed by atoms with Crippen LogP contribution in [0.15, 0.2) is 53.4 Å². The van der Waals surface area contributed by atoms with Crippen LogP contribution in [0.1, 0.15) is 12.0 Å². The number of benzene rings is 2. The minimum Gasteiger partial charge on any atom is -0.478 e. The molecule has 0 aliphatic carbocycles. The topological polar surface area (TPSA) is 84.9 Å². The number of nitrogens with zero attached hydrogens (tertiary/aromatic N) is 1. The normalized spacial score (nSPS) is 15.0. The van der Waals surface area contributed by atoms with E-state index in [1.807, 2.05) is 30.5 Å². The van der Waals surface area contributed by atoms with Crippen LogP contribution in [0.3, 0.4) is 0 Å². The summed E-state index contributed by atoms with van der Waals surface area (Å²) in [4.78, 5) is 39.0. The first-order valence-corrected chi connectivity index (χ1v) is 10.3. The van der Waals surface area contributed by atoms with Crippen LogP contribution in [0.4, 0.5) is 5.69 Å². The predicted molar refractivity (Wildman–Crippen MR) is 110 cm³/mol. The molecule has 0 radical (unpaired) electrons. The van der Waals surface area contributed by atoms with Gasteiger partial charge in [-0.25, -0.2) is 0 Å². The Bertz CT molecular complexity index is 900. The number of carbonyl (C=O) groups excluding carboxylic acids is 3. The average Bonchev–Trinajstić information content (AvgIpc) is 2.73. The fourth-order valence-electron chi connectivity index (χ4n) is 2.78. The molecule has 1 aliphatic rings. The lowest BCUT2D eigenvalue weighted by molar-refractivity contribution is -0.154. The van der Waals surface area contributed by atoms with Crippen molar-refractivity contribution in [1.29, 1.82) is 0 Å². The molecule has 1 heterocycles. The van der Waals surface area contributed by atoms with Crippen LogP contribution in [0.25, 0.3) is 0 Å². The third kappa shape index (κ3) is 5.51. The van der Waals surface area contributed by atoms with Gasteiger partial charge in [0.2, 0.25) is 0 Å². The van der Waals surface area contributed by atoms with E-state index in [-0.39, 0.29) is 18.9 Å². The summed E-state index contributed by atoms with van der Waals surface area (Å²) in [5, 5.41) is 2.69. The molecule has 0 bridgehead atoms. The van der Waals surface area contributed by atoms with Crippen LogP contribution in [0, 0.1) is 0 Å². The van der Waals surface area contributed by atoms with E-state index in [0.29, 0.717) is 18.0 Å². The summed E-state index contributed by atoms with van der Waals surface area (Å²) < 4.78 is 10.6. The van der Waals surface area contributed by atoms with Crippen molar-refractivity contribution in [2.45, 2.75) is 24.0 Å². The van der Waals surface area contributed by atoms with Gasteiger partial charge in [0, 0.05) is 18.5 Å². The van der Waals surface area contributed by atoms with Crippen molar-refractivity contribution < 1.29 is 23.9 Å². The van der Waals surface area contributed by atoms with Crippen LogP contribution in [-0.4, -0.2) is 48.7 Å². The number of ether oxygens (including phenoxy) is 2. The summed E-state index contributed by atoms with van der Waals surface area (Å²) in [6.45, 7) is 0.0269. The van der Waals surface area contributed by atoms with E-state index in [1.54, 1.807) is 43.1 Å². The molecule has 2 aromatic rings. The van der Waals surface area contributed by atoms with Gasteiger partial charge in [-0.1, -0.05) is 24.3 Å². The van der Waals surface area contributed by atoms with Crippen LogP contribution >= 0.6 is 11.8 Å². The first-order valence-electron chi connectivity index (χ1n) is 9.05. The van der Waals surface area contributed by atoms with Crippen molar-refractivity contribution in [2.24, 2.45) is 0 Å². The molecule has 7 nitrogen and oxygen atoms in total. The number of esters is 1. The molecular formula is C21H22N2O5S. The molecule has 1 N–H and O–H groups in total. The van der Waals surface area contributed by atoms with Gasteiger partial charge in [-0.2, -0.15) is 0 Å². The second-order valence-corrected chi connectivity index (χ2v) is 7.43. The monoisotopic (exact) mass is 414 g/mol. The molecule has 0 fully saturated rings. The zero-order chi connectivity index (χ0) is 20.8. The minimum absolute atomic E-state index is 0.271. The van der Waals surface area contributed by atoms with Gasteiger partial charge >= 0.3 is 5.97 Å². The highest BCUT2D eigenvalue weighted by Gasteiger charge is 2.30. The number of rotatable bonds is 7. The summed E-state index contributed by atoms with van der Waals surface area (Å²) in [6.07, 6.45) is 0.743. The number of hydrogen-bond donors (Lipinski definition) is 1. The SMILES string of the molecule is CSc1ccc(CN(C)C(=O)COC(=O)C[C@H]2Oc3ccccc3NC2=O)cc1. The van der Waals surface area contributed by atoms with Crippen LogP contribution in [0.5, 0.6) is 5.75 Å². The second kappa shape index (κ2) is 9.47. The van der Waals surface area contributed by atoms with Crippen LogP contribution in [-0.2, 0) is 25.7 Å². The van der Waals surface area contributed by atoms with Gasteiger partial charge in [0.05, 0.1) is 12.1 Å². The molecule has 0 aromatic heterocycles. The Morgan fingerprint density at radius 2 is 1.90 bits per heavy atom. The predicted octanol–water partition coefficient (Wildman–Crippen LogP) is 2.70. The van der Waals surface area contributed by atoms with Crippen molar-refractivity contribution in [3.8, 4) is 5.75 Å². The number of para-hydroxylation sites is 2. The van der Waals surface area contributed by atoms with Crippen molar-refractivity contribution in [2.75, 3.05) is 25.2 Å². The summed E-state index contributed by atoms with van der Waals surface area (Å²) >= 11 is 1.65. The standard InChI is InChI=1S/C21H22N2O5S/c1-23(12-14-7-9-15(29-2)10-8-14)19(24)13-27-20(25)11-18-21(26)22-16-5-3-4-6-17(16)28-18/h3-10,18H,11-13H2,1-2H3,(H,22,26)/t18-/m1/s1. The molecule has 3 rings (SSSR count). The van der Waals surface area contributed by atoms with Crippen molar-refractivity contribution in [1.82, 2.24) is 4.90 Å². The second-order valence-electron chi connectivity index (χ2n) is 6.55. The summed E-state index contributed by atoms with van der Waals surface area (Å²) in [7, 11) is 1.65. The van der Waals surface area contributed by atoms with E-state index in [9.17, 15) is 14.4 Å². The van der Waals surface area contributed by atoms with Gasteiger partial charge < -0.3 is 19.7 Å². The van der Waals surface area contributed by atoms with Gasteiger partial charge in [0.1, 0.15) is 5.75 Å². The lowest BCUT2D eigenvalue weighted by atomic mass is 10.1. The average molecular weight is 414 g/mol. The van der Waals surface area contributed by atoms with E-state index in [1.165, 1.54) is 4.90 Å². The first-order chi connectivity index (χ1) is 14.0. The first kappa shape index (κ1) is 20.7. The van der Waals surface area contributed by atoms with Crippen molar-refractivity contribution in [3.63, 3.8) is 0 Å². The lowest BCUT2D eigenvalue weighted by Gasteiger charge is -2.25. The summed E-state index contributed by atoms with van der Waals surface area (Å²) in [5.41, 5.74) is 1.54. The molecule has 0 unspecified atom stereocenters. The molecule has 8 heteroatoms. The third-order valence-electron chi connectivity index (χ3n) is 4.42. The van der Waals surface area contributed by atoms with E-state index in [0.717, 1.165) is 10.5 Å². The van der Waals surface area contributed by atoms with Crippen LogP contribution < -0.4 is 10.1 Å². The van der Waals surface area contributed by atoms with E-state index in [2.05, 4.69) is 5.32 Å². The fourth-order valence-corrected chi connectivity index (χ4v) is 3.19. The molecule has 2 aromatic carbocycles. The molecule has 0 spiro atoms. The van der Waals surface area contributed by atoms with Crippen molar-refractivity contribution >= 4 is 35.2 Å². The van der Waals surface area contributed by atoms with Gasteiger partial charge in [-0.05, 0) is 36.1 Å². The Balaban J connectivity index is 1.46. The number of thioether (sulfide) groups is 1. The smallest absolute Gasteiger partial charge is 0.310 e. The molecular weight excluding hydrogens is 392 g/mol. The highest BCUT2D eigenvalue weighted by atomic mass is 32.2. The Morgan fingerprint density at radius 1 is 1.17 bits per heavy atom. The molecule has 2 amide bonds. The largest absolute Gasteiger partial charge is 0.478 e. The Labute approximate surface area is 173 Å². The van der Waals surface area contributed by atoms with E-state index in [4.69, 9.17) is 9.47 Å². The number of carbonyl (C=O) groups is 3. The summed E-state index contributed by atoms with van der Waals surface area (Å²) in [5.74, 6) is -0.923. The molecule has 1 atom stereocenters. The molecule has 29 heavy (non-hydrogen) atoms. The Morgan fingerprint density at radius 3 is 2.62 bits per heavy atom. The molecule has 1 aliphatic heterocycles. The summed E-state index contributed by atoms with van der Waals surface area (Å²) in [6, 6.07) is 14.9. The number of likely N-dealkylation sites (N-methyl/N-ethyl adjacent to an activating group) is 1. The lowest BCUT2D eigenvalue weighted by Crippen LogP contribution is -2.39.